The molecule has 0 aliphatic carbocycles. The van der Waals surface area contributed by atoms with Gasteiger partial charge in [-0.1, -0.05) is 26.2 Å². The minimum absolute atomic E-state index is 0.235. The van der Waals surface area contributed by atoms with Crippen molar-refractivity contribution in [3.8, 4) is 12.3 Å². The topological polar surface area (TPSA) is 38.3 Å². The van der Waals surface area contributed by atoms with Gasteiger partial charge in [0.1, 0.15) is 6.04 Å². The number of methoxy groups -OCH3 is 1. The average molecular weight is 197 g/mol. The Morgan fingerprint density at radius 1 is 1.64 bits per heavy atom. The van der Waals surface area contributed by atoms with Crippen LogP contribution in [0.4, 0.5) is 0 Å². The van der Waals surface area contributed by atoms with Crippen molar-refractivity contribution in [1.82, 2.24) is 5.32 Å². The highest BCUT2D eigenvalue weighted by Gasteiger charge is 2.24. The molecule has 0 aliphatic heterocycles. The summed E-state index contributed by atoms with van der Waals surface area (Å²) in [5.41, 5.74) is 0. The molecule has 2 unspecified atom stereocenters. The molecular formula is C11H19NO2. The molecule has 0 spiro atoms. The molecule has 0 aliphatic rings. The molecule has 0 fully saturated rings. The normalized spacial score (nSPS) is 14.1. The molecule has 1 N–H and O–H groups in total. The summed E-state index contributed by atoms with van der Waals surface area (Å²) in [6.07, 6.45) is 7.16. The van der Waals surface area contributed by atoms with E-state index in [9.17, 15) is 4.79 Å². The molecule has 0 heterocycles. The first-order chi connectivity index (χ1) is 6.67. The van der Waals surface area contributed by atoms with Crippen LogP contribution in [0.3, 0.4) is 0 Å². The van der Waals surface area contributed by atoms with Crippen molar-refractivity contribution in [2.24, 2.45) is 5.92 Å². The van der Waals surface area contributed by atoms with Crippen molar-refractivity contribution in [3.05, 3.63) is 0 Å². The smallest absolute Gasteiger partial charge is 0.323 e. The highest BCUT2D eigenvalue weighted by molar-refractivity contribution is 5.76. The Morgan fingerprint density at radius 3 is 2.71 bits per heavy atom. The maximum absolute atomic E-state index is 11.4. The van der Waals surface area contributed by atoms with E-state index in [0.717, 1.165) is 12.8 Å². The number of carbonyl (C=O) groups excluding carboxylic acids is 1. The predicted octanol–water partition coefficient (Wildman–Crippen LogP) is 1.19. The lowest BCUT2D eigenvalue weighted by atomic mass is 9.97. The van der Waals surface area contributed by atoms with Gasteiger partial charge < -0.3 is 4.74 Å². The maximum Gasteiger partial charge on any atom is 0.323 e. The van der Waals surface area contributed by atoms with Gasteiger partial charge in [0.05, 0.1) is 13.7 Å². The predicted molar refractivity (Wildman–Crippen MR) is 56.7 cm³/mol. The molecule has 0 aromatic carbocycles. The zero-order chi connectivity index (χ0) is 11.0. The van der Waals surface area contributed by atoms with Gasteiger partial charge in [0.25, 0.3) is 0 Å². The van der Waals surface area contributed by atoms with Gasteiger partial charge in [-0.3, -0.25) is 10.1 Å². The van der Waals surface area contributed by atoms with Crippen LogP contribution in [0.25, 0.3) is 0 Å². The first kappa shape index (κ1) is 13.0. The van der Waals surface area contributed by atoms with E-state index in [1.165, 1.54) is 7.11 Å². The third-order valence-corrected chi connectivity index (χ3v) is 2.19. The molecule has 0 saturated heterocycles. The lowest BCUT2D eigenvalue weighted by Crippen LogP contribution is -2.42. The minimum Gasteiger partial charge on any atom is -0.468 e. The number of hydrogen-bond acceptors (Lipinski definition) is 3. The zero-order valence-electron chi connectivity index (χ0n) is 9.17. The first-order valence-corrected chi connectivity index (χ1v) is 4.92. The van der Waals surface area contributed by atoms with Gasteiger partial charge in [-0.2, -0.15) is 0 Å². The molecule has 80 valence electrons. The quantitative estimate of drug-likeness (QED) is 0.513. The zero-order valence-corrected chi connectivity index (χ0v) is 9.17. The fourth-order valence-corrected chi connectivity index (χ4v) is 1.43. The van der Waals surface area contributed by atoms with Gasteiger partial charge in [0.15, 0.2) is 0 Å². The SMILES string of the molecule is C#CCNC(C(=O)OC)C(C)CCC. The van der Waals surface area contributed by atoms with Crippen LogP contribution < -0.4 is 5.32 Å². The van der Waals surface area contributed by atoms with Gasteiger partial charge in [0, 0.05) is 0 Å². The Hall–Kier alpha value is -1.01. The molecule has 2 atom stereocenters. The summed E-state index contributed by atoms with van der Waals surface area (Å²) in [7, 11) is 1.39. The fourth-order valence-electron chi connectivity index (χ4n) is 1.43. The Morgan fingerprint density at radius 2 is 2.29 bits per heavy atom. The number of ether oxygens (including phenoxy) is 1. The lowest BCUT2D eigenvalue weighted by molar-refractivity contribution is -0.144. The molecular weight excluding hydrogens is 178 g/mol. The number of terminal acetylenes is 1. The van der Waals surface area contributed by atoms with Gasteiger partial charge in [-0.15, -0.1) is 6.42 Å². The van der Waals surface area contributed by atoms with E-state index in [2.05, 4.69) is 18.2 Å². The number of carbonyl (C=O) groups is 1. The fraction of sp³-hybridized carbons (Fsp3) is 0.727. The second-order valence-corrected chi connectivity index (χ2v) is 3.35. The molecule has 0 bridgehead atoms. The number of esters is 1. The van der Waals surface area contributed by atoms with E-state index >= 15 is 0 Å². The van der Waals surface area contributed by atoms with Crippen molar-refractivity contribution < 1.29 is 9.53 Å². The molecule has 3 heteroatoms. The van der Waals surface area contributed by atoms with Gasteiger partial charge in [-0.25, -0.2) is 0 Å². The van der Waals surface area contributed by atoms with E-state index in [4.69, 9.17) is 11.2 Å². The third-order valence-electron chi connectivity index (χ3n) is 2.19. The molecule has 0 saturated carbocycles. The molecule has 0 aromatic heterocycles. The van der Waals surface area contributed by atoms with Crippen molar-refractivity contribution in [1.29, 1.82) is 0 Å². The molecule has 0 radical (unpaired) electrons. The monoisotopic (exact) mass is 197 g/mol. The van der Waals surface area contributed by atoms with E-state index in [0.29, 0.717) is 6.54 Å². The summed E-state index contributed by atoms with van der Waals surface area (Å²) in [5, 5.41) is 2.99. The minimum atomic E-state index is -0.281. The molecule has 3 nitrogen and oxygen atoms in total. The van der Waals surface area contributed by atoms with Gasteiger partial charge >= 0.3 is 5.97 Å². The van der Waals surface area contributed by atoms with Crippen LogP contribution >= 0.6 is 0 Å². The van der Waals surface area contributed by atoms with E-state index in [1.807, 2.05) is 6.92 Å². The van der Waals surface area contributed by atoms with Crippen LogP contribution in [-0.2, 0) is 9.53 Å². The van der Waals surface area contributed by atoms with E-state index < -0.39 is 0 Å². The van der Waals surface area contributed by atoms with Crippen LogP contribution in [0.2, 0.25) is 0 Å². The van der Waals surface area contributed by atoms with E-state index in [1.54, 1.807) is 0 Å². The average Bonchev–Trinajstić information content (AvgIpc) is 2.18. The summed E-state index contributed by atoms with van der Waals surface area (Å²) in [6, 6.07) is -0.281. The largest absolute Gasteiger partial charge is 0.468 e. The maximum atomic E-state index is 11.4. The summed E-state index contributed by atoms with van der Waals surface area (Å²) < 4.78 is 4.71. The van der Waals surface area contributed by atoms with Crippen LogP contribution in [0, 0.1) is 18.3 Å². The van der Waals surface area contributed by atoms with Gasteiger partial charge in [-0.05, 0) is 12.3 Å². The summed E-state index contributed by atoms with van der Waals surface area (Å²) in [6.45, 7) is 4.51. The number of hydrogen-bond donors (Lipinski definition) is 1. The summed E-state index contributed by atoms with van der Waals surface area (Å²) in [4.78, 5) is 11.4. The molecule has 14 heavy (non-hydrogen) atoms. The van der Waals surface area contributed by atoms with E-state index in [-0.39, 0.29) is 17.9 Å². The van der Waals surface area contributed by atoms with Crippen molar-refractivity contribution >= 4 is 5.97 Å². The van der Waals surface area contributed by atoms with Crippen LogP contribution in [0.15, 0.2) is 0 Å². The Kier molecular flexibility index (Phi) is 6.87. The Balaban J connectivity index is 4.23. The van der Waals surface area contributed by atoms with Crippen LogP contribution in [0.1, 0.15) is 26.7 Å². The Bertz CT molecular complexity index is 208. The lowest BCUT2D eigenvalue weighted by Gasteiger charge is -2.21. The summed E-state index contributed by atoms with van der Waals surface area (Å²) in [5.74, 6) is 2.47. The van der Waals surface area contributed by atoms with Crippen molar-refractivity contribution in [3.63, 3.8) is 0 Å². The third kappa shape index (κ3) is 4.29. The Labute approximate surface area is 86.2 Å². The molecule has 0 amide bonds. The second kappa shape index (κ2) is 7.40. The summed E-state index contributed by atoms with van der Waals surface area (Å²) >= 11 is 0. The van der Waals surface area contributed by atoms with Crippen molar-refractivity contribution in [2.45, 2.75) is 32.7 Å². The number of rotatable bonds is 6. The second-order valence-electron chi connectivity index (χ2n) is 3.35. The molecule has 0 rings (SSSR count). The highest BCUT2D eigenvalue weighted by Crippen LogP contribution is 2.11. The first-order valence-electron chi connectivity index (χ1n) is 4.92. The van der Waals surface area contributed by atoms with Crippen LogP contribution in [-0.4, -0.2) is 25.7 Å². The highest BCUT2D eigenvalue weighted by atomic mass is 16.5. The van der Waals surface area contributed by atoms with Gasteiger partial charge in [0.2, 0.25) is 0 Å². The molecule has 0 aromatic rings. The van der Waals surface area contributed by atoms with Crippen molar-refractivity contribution in [2.75, 3.05) is 13.7 Å². The standard InChI is InChI=1S/C11H19NO2/c1-5-7-9(3)10(11(13)14-4)12-8-6-2/h2,9-10,12H,5,7-8H2,1,3-4H3. The van der Waals surface area contributed by atoms with Crippen LogP contribution in [0.5, 0.6) is 0 Å². The number of nitrogens with one attached hydrogen (secondary N) is 1.